The van der Waals surface area contributed by atoms with Crippen LogP contribution in [0, 0.1) is 22.7 Å². The Kier molecular flexibility index (Phi) is 3.73. The number of carbonyl (C=O) groups excluding carboxylic acids is 1. The second-order valence-electron chi connectivity index (χ2n) is 4.53. The molecule has 0 N–H and O–H groups in total. The summed E-state index contributed by atoms with van der Waals surface area (Å²) in [6.07, 6.45) is 3.67. The molecule has 1 aliphatic carbocycles. The number of rotatable bonds is 5. The third-order valence-electron chi connectivity index (χ3n) is 3.41. The third kappa shape index (κ3) is 2.50. The Balaban J connectivity index is 2.66. The number of hydrogen-bond acceptors (Lipinski definition) is 2. The highest BCUT2D eigenvalue weighted by Crippen LogP contribution is 2.32. The first-order valence-corrected chi connectivity index (χ1v) is 5.76. The Labute approximate surface area is 92.1 Å². The number of carbonyl (C=O) groups is 1. The van der Waals surface area contributed by atoms with Crippen molar-refractivity contribution in [2.75, 3.05) is 13.6 Å². The van der Waals surface area contributed by atoms with E-state index >= 15 is 0 Å². The quantitative estimate of drug-likeness (QED) is 0.695. The van der Waals surface area contributed by atoms with Gasteiger partial charge in [0.1, 0.15) is 5.41 Å². The molecule has 15 heavy (non-hydrogen) atoms. The zero-order chi connectivity index (χ0) is 11.5. The van der Waals surface area contributed by atoms with E-state index < -0.39 is 5.41 Å². The highest BCUT2D eigenvalue weighted by Gasteiger charge is 2.38. The third-order valence-corrected chi connectivity index (χ3v) is 3.41. The molecule has 0 aromatic carbocycles. The van der Waals surface area contributed by atoms with E-state index in [-0.39, 0.29) is 5.91 Å². The predicted octanol–water partition coefficient (Wildman–Crippen LogP) is 2.18. The van der Waals surface area contributed by atoms with Crippen LogP contribution in [0.2, 0.25) is 0 Å². The summed E-state index contributed by atoms with van der Waals surface area (Å²) in [4.78, 5) is 13.9. The van der Waals surface area contributed by atoms with Gasteiger partial charge in [-0.05, 0) is 31.6 Å². The molecule has 3 heteroatoms. The Hall–Kier alpha value is -1.04. The molecule has 0 atom stereocenters. The van der Waals surface area contributed by atoms with Gasteiger partial charge >= 0.3 is 0 Å². The van der Waals surface area contributed by atoms with Gasteiger partial charge in [0.15, 0.2) is 0 Å². The average Bonchev–Trinajstić information content (AvgIpc) is 3.05. The van der Waals surface area contributed by atoms with E-state index in [2.05, 4.69) is 6.07 Å². The highest BCUT2D eigenvalue weighted by molar-refractivity contribution is 5.85. The molecule has 0 aliphatic heterocycles. The molecule has 0 radical (unpaired) electrons. The van der Waals surface area contributed by atoms with Crippen molar-refractivity contribution in [3.8, 4) is 6.07 Å². The zero-order valence-electron chi connectivity index (χ0n) is 9.92. The fourth-order valence-electron chi connectivity index (χ4n) is 1.89. The summed E-state index contributed by atoms with van der Waals surface area (Å²) < 4.78 is 0. The van der Waals surface area contributed by atoms with Gasteiger partial charge in [-0.15, -0.1) is 0 Å². The summed E-state index contributed by atoms with van der Waals surface area (Å²) >= 11 is 0. The van der Waals surface area contributed by atoms with Crippen molar-refractivity contribution in [1.82, 2.24) is 4.90 Å². The molecule has 84 valence electrons. The van der Waals surface area contributed by atoms with Gasteiger partial charge in [-0.25, -0.2) is 0 Å². The fraction of sp³-hybridized carbons (Fsp3) is 0.833. The van der Waals surface area contributed by atoms with Crippen LogP contribution in [0.5, 0.6) is 0 Å². The van der Waals surface area contributed by atoms with Crippen molar-refractivity contribution in [3.05, 3.63) is 0 Å². The maximum absolute atomic E-state index is 12.1. The molecule has 1 aliphatic rings. The molecule has 0 aromatic rings. The highest BCUT2D eigenvalue weighted by atomic mass is 16.2. The Morgan fingerprint density at radius 2 is 2.00 bits per heavy atom. The van der Waals surface area contributed by atoms with E-state index in [1.54, 1.807) is 4.90 Å². The molecule has 1 rings (SSSR count). The van der Waals surface area contributed by atoms with Crippen LogP contribution in [0.15, 0.2) is 0 Å². The monoisotopic (exact) mass is 208 g/mol. The number of nitriles is 1. The standard InChI is InChI=1S/C12H20N2O/c1-4-12(5-2,9-13)11(15)14(3)8-10-6-7-10/h10H,4-8H2,1-3H3. The van der Waals surface area contributed by atoms with Gasteiger partial charge in [0.05, 0.1) is 6.07 Å². The summed E-state index contributed by atoms with van der Waals surface area (Å²) in [5.74, 6) is 0.686. The maximum Gasteiger partial charge on any atom is 0.242 e. The van der Waals surface area contributed by atoms with Crippen molar-refractivity contribution >= 4 is 5.91 Å². The van der Waals surface area contributed by atoms with E-state index in [0.717, 1.165) is 6.54 Å². The largest absolute Gasteiger partial charge is 0.344 e. The van der Waals surface area contributed by atoms with Crippen LogP contribution >= 0.6 is 0 Å². The first kappa shape index (κ1) is 12.0. The van der Waals surface area contributed by atoms with Crippen LogP contribution in [0.3, 0.4) is 0 Å². The minimum atomic E-state index is -0.788. The van der Waals surface area contributed by atoms with Crippen molar-refractivity contribution < 1.29 is 4.79 Å². The van der Waals surface area contributed by atoms with Crippen LogP contribution in [-0.2, 0) is 4.79 Å². The number of amides is 1. The predicted molar refractivity (Wildman–Crippen MR) is 59.0 cm³/mol. The van der Waals surface area contributed by atoms with Gasteiger partial charge in [0, 0.05) is 13.6 Å². The lowest BCUT2D eigenvalue weighted by atomic mass is 9.82. The Morgan fingerprint density at radius 3 is 2.33 bits per heavy atom. The summed E-state index contributed by atoms with van der Waals surface area (Å²) in [5.41, 5.74) is -0.788. The zero-order valence-corrected chi connectivity index (χ0v) is 9.92. The van der Waals surface area contributed by atoms with Gasteiger partial charge in [0.25, 0.3) is 0 Å². The van der Waals surface area contributed by atoms with E-state index in [1.165, 1.54) is 12.8 Å². The lowest BCUT2D eigenvalue weighted by molar-refractivity contribution is -0.138. The Morgan fingerprint density at radius 1 is 1.47 bits per heavy atom. The summed E-state index contributed by atoms with van der Waals surface area (Å²) in [6, 6.07) is 2.20. The van der Waals surface area contributed by atoms with Crippen LogP contribution in [0.25, 0.3) is 0 Å². The first-order chi connectivity index (χ1) is 7.09. The second kappa shape index (κ2) is 4.65. The van der Waals surface area contributed by atoms with Gasteiger partial charge in [0.2, 0.25) is 5.91 Å². The molecule has 3 nitrogen and oxygen atoms in total. The van der Waals surface area contributed by atoms with E-state index in [4.69, 9.17) is 5.26 Å². The molecule has 0 saturated heterocycles. The van der Waals surface area contributed by atoms with Crippen LogP contribution in [-0.4, -0.2) is 24.4 Å². The molecule has 1 amide bonds. The topological polar surface area (TPSA) is 44.1 Å². The molecule has 0 spiro atoms. The van der Waals surface area contributed by atoms with Crippen LogP contribution in [0.1, 0.15) is 39.5 Å². The van der Waals surface area contributed by atoms with Crippen molar-refractivity contribution in [2.24, 2.45) is 11.3 Å². The minimum Gasteiger partial charge on any atom is -0.344 e. The van der Waals surface area contributed by atoms with E-state index in [9.17, 15) is 4.79 Å². The first-order valence-electron chi connectivity index (χ1n) is 5.76. The van der Waals surface area contributed by atoms with Crippen molar-refractivity contribution in [2.45, 2.75) is 39.5 Å². The summed E-state index contributed by atoms with van der Waals surface area (Å²) in [7, 11) is 1.82. The van der Waals surface area contributed by atoms with Crippen molar-refractivity contribution in [1.29, 1.82) is 5.26 Å². The maximum atomic E-state index is 12.1. The second-order valence-corrected chi connectivity index (χ2v) is 4.53. The van der Waals surface area contributed by atoms with Gasteiger partial charge in [-0.1, -0.05) is 13.8 Å². The average molecular weight is 208 g/mol. The van der Waals surface area contributed by atoms with Gasteiger partial charge < -0.3 is 4.90 Å². The van der Waals surface area contributed by atoms with E-state index in [1.807, 2.05) is 20.9 Å². The molecule has 0 heterocycles. The normalized spacial score (nSPS) is 15.9. The van der Waals surface area contributed by atoms with Crippen molar-refractivity contribution in [3.63, 3.8) is 0 Å². The number of nitrogens with zero attached hydrogens (tertiary/aromatic N) is 2. The fourth-order valence-corrected chi connectivity index (χ4v) is 1.89. The smallest absolute Gasteiger partial charge is 0.242 e. The molecule has 1 saturated carbocycles. The molecular weight excluding hydrogens is 188 g/mol. The lowest BCUT2D eigenvalue weighted by Crippen LogP contribution is -2.41. The SMILES string of the molecule is CCC(C#N)(CC)C(=O)N(C)CC1CC1. The minimum absolute atomic E-state index is 0.00176. The molecular formula is C12H20N2O. The van der Waals surface area contributed by atoms with Crippen LogP contribution in [0.4, 0.5) is 0 Å². The number of hydrogen-bond donors (Lipinski definition) is 0. The molecule has 1 fully saturated rings. The molecule has 0 bridgehead atoms. The lowest BCUT2D eigenvalue weighted by Gasteiger charge is -2.28. The molecule has 0 aromatic heterocycles. The Bertz CT molecular complexity index is 272. The van der Waals surface area contributed by atoms with Gasteiger partial charge in [-0.3, -0.25) is 4.79 Å². The summed E-state index contributed by atoms with van der Waals surface area (Å²) in [5, 5.41) is 9.15. The molecule has 0 unspecified atom stereocenters. The van der Waals surface area contributed by atoms with Gasteiger partial charge in [-0.2, -0.15) is 5.26 Å². The van der Waals surface area contributed by atoms with Crippen LogP contribution < -0.4 is 0 Å². The summed E-state index contributed by atoms with van der Waals surface area (Å²) in [6.45, 7) is 4.65. The van der Waals surface area contributed by atoms with E-state index in [0.29, 0.717) is 18.8 Å².